The van der Waals surface area contributed by atoms with Crippen LogP contribution in [-0.4, -0.2) is 32.3 Å². The summed E-state index contributed by atoms with van der Waals surface area (Å²) in [6, 6.07) is 18.5. The van der Waals surface area contributed by atoms with Crippen LogP contribution in [0, 0.1) is 0 Å². The summed E-state index contributed by atoms with van der Waals surface area (Å²) < 4.78 is 34.2. The average Bonchev–Trinajstić information content (AvgIpc) is 3.03. The number of nitrogens with one attached hydrogen (secondary N) is 1. The normalized spacial score (nSPS) is 11.7. The number of nitrogens with two attached hydrogens (primary N) is 1. The van der Waals surface area contributed by atoms with Crippen molar-refractivity contribution >= 4 is 43.4 Å². The van der Waals surface area contributed by atoms with Gasteiger partial charge in [-0.05, 0) is 29.8 Å². The summed E-state index contributed by atoms with van der Waals surface area (Å²) in [5.41, 5.74) is 8.82. The van der Waals surface area contributed by atoms with E-state index in [-0.39, 0.29) is 0 Å². The molecule has 30 heavy (non-hydrogen) atoms. The van der Waals surface area contributed by atoms with Crippen molar-refractivity contribution in [1.82, 2.24) is 4.57 Å². The van der Waals surface area contributed by atoms with Gasteiger partial charge in [-0.2, -0.15) is 0 Å². The summed E-state index contributed by atoms with van der Waals surface area (Å²) in [4.78, 5) is 12.2. The third-order valence-corrected chi connectivity index (χ3v) is 5.55. The van der Waals surface area contributed by atoms with Gasteiger partial charge in [-0.3, -0.25) is 9.52 Å². The van der Waals surface area contributed by atoms with Gasteiger partial charge >= 0.3 is 0 Å². The highest BCUT2D eigenvalue weighted by Crippen LogP contribution is 2.41. The standard InChI is InChI=1S/C22H21N3O4S/c1-29-18-12-11-16(24-30(2,27)28)20-19-15(22(23)26)9-6-10-17(19)25(21(18)20)13-14-7-4-3-5-8-14/h3-12,24H,13H2,1-2H3,(H2,23,26). The van der Waals surface area contributed by atoms with Crippen molar-refractivity contribution in [2.24, 2.45) is 5.73 Å². The Morgan fingerprint density at radius 2 is 1.77 bits per heavy atom. The van der Waals surface area contributed by atoms with E-state index < -0.39 is 15.9 Å². The molecule has 4 aromatic rings. The van der Waals surface area contributed by atoms with E-state index in [0.29, 0.717) is 39.8 Å². The number of ether oxygens (including phenoxy) is 1. The van der Waals surface area contributed by atoms with Crippen LogP contribution in [0.3, 0.4) is 0 Å². The second-order valence-corrected chi connectivity index (χ2v) is 8.80. The molecular weight excluding hydrogens is 402 g/mol. The van der Waals surface area contributed by atoms with Crippen LogP contribution in [0.15, 0.2) is 60.7 Å². The molecular formula is C22H21N3O4S. The van der Waals surface area contributed by atoms with E-state index in [0.717, 1.165) is 17.3 Å². The first-order valence-corrected chi connectivity index (χ1v) is 11.1. The number of amides is 1. The van der Waals surface area contributed by atoms with Crippen molar-refractivity contribution < 1.29 is 17.9 Å². The summed E-state index contributed by atoms with van der Waals surface area (Å²) in [7, 11) is -2.00. The van der Waals surface area contributed by atoms with Crippen molar-refractivity contribution in [1.29, 1.82) is 0 Å². The topological polar surface area (TPSA) is 103 Å². The Morgan fingerprint density at radius 1 is 1.03 bits per heavy atom. The Bertz CT molecular complexity index is 1380. The summed E-state index contributed by atoms with van der Waals surface area (Å²) in [5.74, 6) is -0.0286. The lowest BCUT2D eigenvalue weighted by atomic mass is 10.0. The smallest absolute Gasteiger partial charge is 0.249 e. The van der Waals surface area contributed by atoms with Gasteiger partial charge in [0, 0.05) is 22.9 Å². The van der Waals surface area contributed by atoms with E-state index in [2.05, 4.69) is 4.72 Å². The molecule has 0 spiro atoms. The van der Waals surface area contributed by atoms with E-state index in [4.69, 9.17) is 10.5 Å². The van der Waals surface area contributed by atoms with Gasteiger partial charge in [0.15, 0.2) is 0 Å². The van der Waals surface area contributed by atoms with Crippen LogP contribution in [0.1, 0.15) is 15.9 Å². The molecule has 0 unspecified atom stereocenters. The molecule has 7 nitrogen and oxygen atoms in total. The Morgan fingerprint density at radius 3 is 2.40 bits per heavy atom. The number of aromatic nitrogens is 1. The molecule has 0 fully saturated rings. The fourth-order valence-electron chi connectivity index (χ4n) is 3.83. The summed E-state index contributed by atoms with van der Waals surface area (Å²) in [6.07, 6.45) is 1.08. The maximum atomic E-state index is 12.2. The molecule has 0 aliphatic heterocycles. The zero-order valence-corrected chi connectivity index (χ0v) is 17.4. The summed E-state index contributed by atoms with van der Waals surface area (Å²) >= 11 is 0. The third-order valence-electron chi connectivity index (χ3n) is 4.96. The van der Waals surface area contributed by atoms with Crippen molar-refractivity contribution in [3.8, 4) is 5.75 Å². The number of sulfonamides is 1. The molecule has 3 aromatic carbocycles. The number of benzene rings is 3. The molecule has 1 amide bonds. The highest BCUT2D eigenvalue weighted by atomic mass is 32.2. The number of hydrogen-bond acceptors (Lipinski definition) is 4. The lowest BCUT2D eigenvalue weighted by molar-refractivity contribution is 0.100. The molecule has 0 aliphatic carbocycles. The number of carbonyl (C=O) groups is 1. The van der Waals surface area contributed by atoms with Crippen LogP contribution in [0.2, 0.25) is 0 Å². The van der Waals surface area contributed by atoms with Gasteiger partial charge in [-0.15, -0.1) is 0 Å². The first kappa shape index (κ1) is 19.8. The van der Waals surface area contributed by atoms with Gasteiger partial charge in [-0.25, -0.2) is 8.42 Å². The number of anilines is 1. The summed E-state index contributed by atoms with van der Waals surface area (Å²) in [6.45, 7) is 0.502. The van der Waals surface area contributed by atoms with Crippen LogP contribution in [-0.2, 0) is 16.6 Å². The van der Waals surface area contributed by atoms with Gasteiger partial charge in [-0.1, -0.05) is 36.4 Å². The number of fused-ring (bicyclic) bond motifs is 3. The predicted molar refractivity (Wildman–Crippen MR) is 119 cm³/mol. The molecule has 154 valence electrons. The van der Waals surface area contributed by atoms with Crippen molar-refractivity contribution in [3.05, 3.63) is 71.8 Å². The van der Waals surface area contributed by atoms with Crippen LogP contribution in [0.5, 0.6) is 5.75 Å². The molecule has 1 aromatic heterocycles. The van der Waals surface area contributed by atoms with Crippen molar-refractivity contribution in [2.75, 3.05) is 18.1 Å². The molecule has 0 bridgehead atoms. The molecule has 1 heterocycles. The molecule has 0 radical (unpaired) electrons. The van der Waals surface area contributed by atoms with E-state index in [1.807, 2.05) is 41.0 Å². The minimum Gasteiger partial charge on any atom is -0.495 e. The first-order valence-electron chi connectivity index (χ1n) is 9.23. The van der Waals surface area contributed by atoms with Gasteiger partial charge in [0.1, 0.15) is 5.75 Å². The second-order valence-electron chi connectivity index (χ2n) is 7.05. The number of rotatable bonds is 6. The van der Waals surface area contributed by atoms with Crippen LogP contribution < -0.4 is 15.2 Å². The quantitative estimate of drug-likeness (QED) is 0.496. The largest absolute Gasteiger partial charge is 0.495 e. The van der Waals surface area contributed by atoms with Crippen molar-refractivity contribution in [3.63, 3.8) is 0 Å². The number of primary amides is 1. The fourth-order valence-corrected chi connectivity index (χ4v) is 4.40. The lowest BCUT2D eigenvalue weighted by Crippen LogP contribution is -2.12. The molecule has 0 atom stereocenters. The predicted octanol–water partition coefficient (Wildman–Crippen LogP) is 3.32. The Labute approximate surface area is 174 Å². The highest BCUT2D eigenvalue weighted by molar-refractivity contribution is 7.92. The number of carbonyl (C=O) groups excluding carboxylic acids is 1. The second kappa shape index (κ2) is 7.38. The number of methoxy groups -OCH3 is 1. The number of hydrogen-bond donors (Lipinski definition) is 2. The zero-order chi connectivity index (χ0) is 21.5. The van der Waals surface area contributed by atoms with E-state index in [9.17, 15) is 13.2 Å². The van der Waals surface area contributed by atoms with Gasteiger partial charge in [0.05, 0.1) is 30.1 Å². The maximum Gasteiger partial charge on any atom is 0.249 e. The summed E-state index contributed by atoms with van der Waals surface area (Å²) in [5, 5.41) is 1.15. The third kappa shape index (κ3) is 3.46. The van der Waals surface area contributed by atoms with Crippen LogP contribution in [0.25, 0.3) is 21.8 Å². The monoisotopic (exact) mass is 423 g/mol. The fraction of sp³-hybridized carbons (Fsp3) is 0.136. The van der Waals surface area contributed by atoms with E-state index >= 15 is 0 Å². The maximum absolute atomic E-state index is 12.2. The van der Waals surface area contributed by atoms with Gasteiger partial charge in [0.25, 0.3) is 0 Å². The van der Waals surface area contributed by atoms with E-state index in [1.54, 1.807) is 31.4 Å². The molecule has 8 heteroatoms. The van der Waals surface area contributed by atoms with Crippen molar-refractivity contribution in [2.45, 2.75) is 6.54 Å². The minimum atomic E-state index is -3.56. The van der Waals surface area contributed by atoms with E-state index in [1.165, 1.54) is 0 Å². The van der Waals surface area contributed by atoms with Gasteiger partial charge in [0.2, 0.25) is 15.9 Å². The number of nitrogens with zero attached hydrogens (tertiary/aromatic N) is 1. The molecule has 0 aliphatic rings. The Hall–Kier alpha value is -3.52. The molecule has 0 saturated carbocycles. The molecule has 0 saturated heterocycles. The van der Waals surface area contributed by atoms with Crippen LogP contribution >= 0.6 is 0 Å². The zero-order valence-electron chi connectivity index (χ0n) is 16.5. The Balaban J connectivity index is 2.17. The average molecular weight is 423 g/mol. The molecule has 4 rings (SSSR count). The Kier molecular flexibility index (Phi) is 4.87. The highest BCUT2D eigenvalue weighted by Gasteiger charge is 2.23. The minimum absolute atomic E-state index is 0.314. The van der Waals surface area contributed by atoms with Crippen LogP contribution in [0.4, 0.5) is 5.69 Å². The lowest BCUT2D eigenvalue weighted by Gasteiger charge is -2.12. The van der Waals surface area contributed by atoms with Gasteiger partial charge < -0.3 is 15.0 Å². The SMILES string of the molecule is COc1ccc(NS(C)(=O)=O)c2c3c(C(N)=O)cccc3n(Cc3ccccc3)c12. The first-order chi connectivity index (χ1) is 14.3. The molecule has 3 N–H and O–H groups in total.